The maximum Gasteiger partial charge on any atom is 0.171 e. The van der Waals surface area contributed by atoms with Crippen molar-refractivity contribution in [2.75, 3.05) is 23.9 Å². The highest BCUT2D eigenvalue weighted by molar-refractivity contribution is 6.17. The van der Waals surface area contributed by atoms with Crippen LogP contribution in [0.15, 0.2) is 18.3 Å². The van der Waals surface area contributed by atoms with Crippen molar-refractivity contribution in [3.05, 3.63) is 18.3 Å². The number of alkyl halides is 1. The van der Waals surface area contributed by atoms with Crippen LogP contribution in [0, 0.1) is 5.92 Å². The molecule has 0 aliphatic carbocycles. The third-order valence-corrected chi connectivity index (χ3v) is 3.67. The van der Waals surface area contributed by atoms with Gasteiger partial charge in [0.05, 0.1) is 6.10 Å². The van der Waals surface area contributed by atoms with Crippen LogP contribution in [0.1, 0.15) is 33.1 Å². The number of hydrogen-bond donors (Lipinski definition) is 0. The number of ether oxygens (including phenoxy) is 1. The summed E-state index contributed by atoms with van der Waals surface area (Å²) in [6, 6.07) is 3.94. The summed E-state index contributed by atoms with van der Waals surface area (Å²) in [5.41, 5.74) is 0. The topological polar surface area (TPSA) is 25.4 Å². The summed E-state index contributed by atoms with van der Waals surface area (Å²) in [5.74, 6) is 3.30. The molecule has 0 bridgehead atoms. The molecule has 0 amide bonds. The molecular weight excluding hydrogens is 260 g/mol. The lowest BCUT2D eigenvalue weighted by atomic mass is 9.95. The molecule has 1 atom stereocenters. The molecule has 1 aromatic rings. The van der Waals surface area contributed by atoms with E-state index in [0.717, 1.165) is 37.0 Å². The molecule has 1 unspecified atom stereocenters. The van der Waals surface area contributed by atoms with E-state index in [1.807, 2.05) is 32.2 Å². The third-order valence-electron chi connectivity index (χ3n) is 3.45. The second kappa shape index (κ2) is 6.99. The van der Waals surface area contributed by atoms with Crippen LogP contribution in [0.25, 0.3) is 0 Å². The Morgan fingerprint density at radius 1 is 1.53 bits per heavy atom. The molecule has 19 heavy (non-hydrogen) atoms. The molecule has 1 aliphatic rings. The normalized spacial score (nSPS) is 19.8. The Morgan fingerprint density at radius 3 is 3.11 bits per heavy atom. The molecule has 0 aromatic carbocycles. The molecular formula is C15H23ClN2O. The molecule has 0 radical (unpaired) electrons. The lowest BCUT2D eigenvalue weighted by Crippen LogP contribution is -2.36. The van der Waals surface area contributed by atoms with E-state index in [2.05, 4.69) is 9.88 Å². The monoisotopic (exact) mass is 282 g/mol. The van der Waals surface area contributed by atoms with Crippen molar-refractivity contribution in [2.45, 2.75) is 39.2 Å². The fourth-order valence-electron chi connectivity index (χ4n) is 2.61. The van der Waals surface area contributed by atoms with Gasteiger partial charge in [0.15, 0.2) is 11.6 Å². The molecule has 2 heterocycles. The van der Waals surface area contributed by atoms with Crippen LogP contribution in [0.2, 0.25) is 0 Å². The number of piperidine rings is 1. The van der Waals surface area contributed by atoms with Gasteiger partial charge in [-0.05, 0) is 51.2 Å². The number of pyridine rings is 1. The lowest BCUT2D eigenvalue weighted by molar-refractivity contribution is 0.241. The van der Waals surface area contributed by atoms with Crippen molar-refractivity contribution in [2.24, 2.45) is 5.92 Å². The van der Waals surface area contributed by atoms with Gasteiger partial charge in [0, 0.05) is 25.2 Å². The zero-order valence-corrected chi connectivity index (χ0v) is 12.6. The van der Waals surface area contributed by atoms with Crippen molar-refractivity contribution in [3.63, 3.8) is 0 Å². The Labute approximate surface area is 120 Å². The minimum Gasteiger partial charge on any atom is -0.487 e. The smallest absolute Gasteiger partial charge is 0.171 e. The van der Waals surface area contributed by atoms with E-state index in [-0.39, 0.29) is 6.10 Å². The maximum absolute atomic E-state index is 5.87. The van der Waals surface area contributed by atoms with Crippen LogP contribution in [0.4, 0.5) is 5.82 Å². The molecule has 0 spiro atoms. The van der Waals surface area contributed by atoms with Crippen LogP contribution in [0.3, 0.4) is 0 Å². The zero-order valence-electron chi connectivity index (χ0n) is 11.8. The summed E-state index contributed by atoms with van der Waals surface area (Å²) in [6.45, 7) is 6.19. The highest BCUT2D eigenvalue weighted by Crippen LogP contribution is 2.31. The first-order valence-corrected chi connectivity index (χ1v) is 7.66. The van der Waals surface area contributed by atoms with Gasteiger partial charge in [0.1, 0.15) is 0 Å². The summed E-state index contributed by atoms with van der Waals surface area (Å²) in [6.07, 6.45) is 5.58. The van der Waals surface area contributed by atoms with E-state index >= 15 is 0 Å². The summed E-state index contributed by atoms with van der Waals surface area (Å²) < 4.78 is 5.86. The second-order valence-corrected chi connectivity index (χ2v) is 5.80. The summed E-state index contributed by atoms with van der Waals surface area (Å²) in [4.78, 5) is 6.86. The number of hydrogen-bond acceptors (Lipinski definition) is 3. The van der Waals surface area contributed by atoms with Gasteiger partial charge in [-0.25, -0.2) is 4.98 Å². The van der Waals surface area contributed by atoms with Crippen molar-refractivity contribution in [3.8, 4) is 5.75 Å². The van der Waals surface area contributed by atoms with Crippen LogP contribution in [-0.2, 0) is 0 Å². The van der Waals surface area contributed by atoms with Gasteiger partial charge >= 0.3 is 0 Å². The minimum absolute atomic E-state index is 0.173. The number of aromatic nitrogens is 1. The van der Waals surface area contributed by atoms with Crippen LogP contribution in [-0.4, -0.2) is 30.1 Å². The SMILES string of the molecule is CC(C)Oc1cccnc1N1CCCC(CCCl)C1. The van der Waals surface area contributed by atoms with Gasteiger partial charge in [-0.2, -0.15) is 0 Å². The summed E-state index contributed by atoms with van der Waals surface area (Å²) >= 11 is 5.87. The van der Waals surface area contributed by atoms with Gasteiger partial charge in [-0.15, -0.1) is 11.6 Å². The van der Waals surface area contributed by atoms with Crippen molar-refractivity contribution in [1.29, 1.82) is 0 Å². The van der Waals surface area contributed by atoms with E-state index in [0.29, 0.717) is 5.92 Å². The molecule has 1 aromatic heterocycles. The molecule has 0 N–H and O–H groups in total. The Balaban J connectivity index is 2.11. The molecule has 106 valence electrons. The molecule has 3 nitrogen and oxygen atoms in total. The van der Waals surface area contributed by atoms with Crippen LogP contribution in [0.5, 0.6) is 5.75 Å². The second-order valence-electron chi connectivity index (χ2n) is 5.42. The van der Waals surface area contributed by atoms with Crippen molar-refractivity contribution >= 4 is 17.4 Å². The minimum atomic E-state index is 0.173. The van der Waals surface area contributed by atoms with Gasteiger partial charge in [-0.1, -0.05) is 0 Å². The largest absolute Gasteiger partial charge is 0.487 e. The Kier molecular flexibility index (Phi) is 5.32. The van der Waals surface area contributed by atoms with E-state index in [4.69, 9.17) is 16.3 Å². The van der Waals surface area contributed by atoms with Gasteiger partial charge in [-0.3, -0.25) is 0 Å². The lowest BCUT2D eigenvalue weighted by Gasteiger charge is -2.34. The predicted molar refractivity (Wildman–Crippen MR) is 80.3 cm³/mol. The van der Waals surface area contributed by atoms with E-state index in [9.17, 15) is 0 Å². The first kappa shape index (κ1) is 14.4. The standard InChI is InChI=1S/C15H23ClN2O/c1-12(2)19-14-6-3-9-17-15(14)18-10-4-5-13(11-18)7-8-16/h3,6,9,12-13H,4-5,7-8,10-11H2,1-2H3. The fraction of sp³-hybridized carbons (Fsp3) is 0.667. The van der Waals surface area contributed by atoms with Crippen molar-refractivity contribution in [1.82, 2.24) is 4.98 Å². The number of anilines is 1. The predicted octanol–water partition coefficient (Wildman–Crippen LogP) is 3.71. The number of halogens is 1. The van der Waals surface area contributed by atoms with Crippen LogP contribution < -0.4 is 9.64 Å². The average Bonchev–Trinajstić information content (AvgIpc) is 2.39. The van der Waals surface area contributed by atoms with Crippen LogP contribution >= 0.6 is 11.6 Å². The Bertz CT molecular complexity index is 395. The highest BCUT2D eigenvalue weighted by Gasteiger charge is 2.22. The Hall–Kier alpha value is -0.960. The number of rotatable bonds is 5. The molecule has 1 saturated heterocycles. The van der Waals surface area contributed by atoms with E-state index < -0.39 is 0 Å². The zero-order chi connectivity index (χ0) is 13.7. The fourth-order valence-corrected chi connectivity index (χ4v) is 2.92. The van der Waals surface area contributed by atoms with E-state index in [1.54, 1.807) is 0 Å². The summed E-state index contributed by atoms with van der Waals surface area (Å²) in [5, 5.41) is 0. The first-order chi connectivity index (χ1) is 9.20. The quantitative estimate of drug-likeness (QED) is 0.770. The average molecular weight is 283 g/mol. The Morgan fingerprint density at radius 2 is 2.37 bits per heavy atom. The third kappa shape index (κ3) is 4.00. The number of nitrogens with zero attached hydrogens (tertiary/aromatic N) is 2. The highest BCUT2D eigenvalue weighted by atomic mass is 35.5. The molecule has 1 fully saturated rings. The first-order valence-electron chi connectivity index (χ1n) is 7.13. The van der Waals surface area contributed by atoms with Gasteiger partial charge < -0.3 is 9.64 Å². The molecule has 1 aliphatic heterocycles. The van der Waals surface area contributed by atoms with Gasteiger partial charge in [0.2, 0.25) is 0 Å². The molecule has 4 heteroatoms. The van der Waals surface area contributed by atoms with E-state index in [1.165, 1.54) is 12.8 Å². The van der Waals surface area contributed by atoms with Gasteiger partial charge in [0.25, 0.3) is 0 Å². The molecule has 2 rings (SSSR count). The summed E-state index contributed by atoms with van der Waals surface area (Å²) in [7, 11) is 0. The maximum atomic E-state index is 5.87. The molecule has 0 saturated carbocycles. The van der Waals surface area contributed by atoms with Crippen molar-refractivity contribution < 1.29 is 4.74 Å².